The van der Waals surface area contributed by atoms with E-state index < -0.39 is 0 Å². The molecule has 0 radical (unpaired) electrons. The number of rotatable bonds is 8. The van der Waals surface area contributed by atoms with Crippen LogP contribution >= 0.6 is 0 Å². The summed E-state index contributed by atoms with van der Waals surface area (Å²) in [6.45, 7) is 12.1. The van der Waals surface area contributed by atoms with Crippen molar-refractivity contribution >= 4 is 0 Å². The summed E-state index contributed by atoms with van der Waals surface area (Å²) in [5, 5.41) is 3.60. The van der Waals surface area contributed by atoms with Crippen LogP contribution in [0.3, 0.4) is 0 Å². The van der Waals surface area contributed by atoms with Crippen LogP contribution in [0.2, 0.25) is 0 Å². The molecule has 0 aliphatic carbocycles. The van der Waals surface area contributed by atoms with Gasteiger partial charge in [-0.2, -0.15) is 0 Å². The molecule has 0 aromatic heterocycles. The normalized spacial score (nSPS) is 13.2. The quantitative estimate of drug-likeness (QED) is 0.769. The summed E-state index contributed by atoms with van der Waals surface area (Å²) >= 11 is 0. The molecule has 1 unspecified atom stereocenters. The molecule has 1 atom stereocenters. The standard InChI is InChI=1S/C17H30N2/c1-6-18-17(13-19(5)12-11-14(2)3)16-9-7-15(4)8-10-16/h7-10,14,17-18H,6,11-13H2,1-5H3. The zero-order valence-electron chi connectivity index (χ0n) is 13.2. The summed E-state index contributed by atoms with van der Waals surface area (Å²) < 4.78 is 0. The van der Waals surface area contributed by atoms with Crippen molar-refractivity contribution in [2.24, 2.45) is 5.92 Å². The fourth-order valence-electron chi connectivity index (χ4n) is 2.21. The van der Waals surface area contributed by atoms with E-state index in [1.165, 1.54) is 24.1 Å². The maximum Gasteiger partial charge on any atom is 0.0449 e. The van der Waals surface area contributed by atoms with Gasteiger partial charge in [0.15, 0.2) is 0 Å². The largest absolute Gasteiger partial charge is 0.309 e. The van der Waals surface area contributed by atoms with Crippen LogP contribution in [0.4, 0.5) is 0 Å². The van der Waals surface area contributed by atoms with E-state index in [0.29, 0.717) is 6.04 Å². The van der Waals surface area contributed by atoms with Crippen molar-refractivity contribution in [1.29, 1.82) is 0 Å². The van der Waals surface area contributed by atoms with Crippen molar-refractivity contribution in [3.8, 4) is 0 Å². The van der Waals surface area contributed by atoms with Crippen LogP contribution in [-0.4, -0.2) is 31.6 Å². The Balaban J connectivity index is 2.59. The Kier molecular flexibility index (Phi) is 7.11. The van der Waals surface area contributed by atoms with Crippen LogP contribution in [0.5, 0.6) is 0 Å². The van der Waals surface area contributed by atoms with Gasteiger partial charge in [0.25, 0.3) is 0 Å². The van der Waals surface area contributed by atoms with Crippen LogP contribution in [0.15, 0.2) is 24.3 Å². The topological polar surface area (TPSA) is 15.3 Å². The molecule has 0 amide bonds. The van der Waals surface area contributed by atoms with E-state index in [9.17, 15) is 0 Å². The zero-order valence-corrected chi connectivity index (χ0v) is 13.2. The molecule has 0 fully saturated rings. The van der Waals surface area contributed by atoms with Crippen molar-refractivity contribution in [2.75, 3.05) is 26.7 Å². The lowest BCUT2D eigenvalue weighted by Gasteiger charge is -2.25. The monoisotopic (exact) mass is 262 g/mol. The minimum atomic E-state index is 0.433. The van der Waals surface area contributed by atoms with Gasteiger partial charge in [0.2, 0.25) is 0 Å². The van der Waals surface area contributed by atoms with E-state index in [1.54, 1.807) is 0 Å². The number of likely N-dealkylation sites (N-methyl/N-ethyl adjacent to an activating group) is 2. The van der Waals surface area contributed by atoms with Crippen LogP contribution in [-0.2, 0) is 0 Å². The molecule has 1 aromatic carbocycles. The lowest BCUT2D eigenvalue weighted by atomic mass is 10.0. The van der Waals surface area contributed by atoms with Crippen molar-refractivity contribution < 1.29 is 0 Å². The lowest BCUT2D eigenvalue weighted by molar-refractivity contribution is 0.276. The van der Waals surface area contributed by atoms with E-state index in [4.69, 9.17) is 0 Å². The van der Waals surface area contributed by atoms with Gasteiger partial charge in [0.05, 0.1) is 0 Å². The third-order valence-corrected chi connectivity index (χ3v) is 3.51. The van der Waals surface area contributed by atoms with Crippen LogP contribution in [0.1, 0.15) is 44.4 Å². The molecule has 0 saturated carbocycles. The molecule has 0 aliphatic heterocycles. The first-order chi connectivity index (χ1) is 9.02. The maximum absolute atomic E-state index is 3.60. The van der Waals surface area contributed by atoms with E-state index in [0.717, 1.165) is 19.0 Å². The SMILES string of the molecule is CCNC(CN(C)CCC(C)C)c1ccc(C)cc1. The van der Waals surface area contributed by atoms with Gasteiger partial charge in [-0.15, -0.1) is 0 Å². The Bertz CT molecular complexity index is 343. The number of hydrogen-bond donors (Lipinski definition) is 1. The van der Waals surface area contributed by atoms with Crippen molar-refractivity contribution in [2.45, 2.75) is 40.2 Å². The summed E-state index contributed by atoms with van der Waals surface area (Å²) in [5.74, 6) is 0.777. The Morgan fingerprint density at radius 1 is 1.16 bits per heavy atom. The molecule has 1 N–H and O–H groups in total. The van der Waals surface area contributed by atoms with E-state index >= 15 is 0 Å². The molecule has 0 heterocycles. The van der Waals surface area contributed by atoms with Gasteiger partial charge in [-0.25, -0.2) is 0 Å². The molecule has 0 saturated heterocycles. The van der Waals surface area contributed by atoms with Crippen molar-refractivity contribution in [1.82, 2.24) is 10.2 Å². The first-order valence-corrected chi connectivity index (χ1v) is 7.51. The van der Waals surface area contributed by atoms with E-state index in [-0.39, 0.29) is 0 Å². The smallest absolute Gasteiger partial charge is 0.0449 e. The average Bonchev–Trinajstić information content (AvgIpc) is 2.37. The number of hydrogen-bond acceptors (Lipinski definition) is 2. The van der Waals surface area contributed by atoms with Crippen molar-refractivity contribution in [3.63, 3.8) is 0 Å². The first-order valence-electron chi connectivity index (χ1n) is 7.51. The van der Waals surface area contributed by atoms with Gasteiger partial charge >= 0.3 is 0 Å². The van der Waals surface area contributed by atoms with Crippen LogP contribution in [0.25, 0.3) is 0 Å². The Morgan fingerprint density at radius 3 is 2.32 bits per heavy atom. The lowest BCUT2D eigenvalue weighted by Crippen LogP contribution is -2.33. The first kappa shape index (κ1) is 16.2. The molecule has 0 aliphatic rings. The third-order valence-electron chi connectivity index (χ3n) is 3.51. The van der Waals surface area contributed by atoms with Crippen LogP contribution < -0.4 is 5.32 Å². The summed E-state index contributed by atoms with van der Waals surface area (Å²) in [6, 6.07) is 9.34. The highest BCUT2D eigenvalue weighted by molar-refractivity contribution is 5.24. The molecule has 2 heteroatoms. The fourth-order valence-corrected chi connectivity index (χ4v) is 2.21. The van der Waals surface area contributed by atoms with E-state index in [1.807, 2.05) is 0 Å². The molecular formula is C17H30N2. The molecular weight excluding hydrogens is 232 g/mol. The van der Waals surface area contributed by atoms with Gasteiger partial charge < -0.3 is 10.2 Å². The second-order valence-corrected chi connectivity index (χ2v) is 5.97. The Hall–Kier alpha value is -0.860. The van der Waals surface area contributed by atoms with Gasteiger partial charge in [0, 0.05) is 12.6 Å². The fraction of sp³-hybridized carbons (Fsp3) is 0.647. The Morgan fingerprint density at radius 2 is 1.79 bits per heavy atom. The van der Waals surface area contributed by atoms with Crippen molar-refractivity contribution in [3.05, 3.63) is 35.4 Å². The average molecular weight is 262 g/mol. The predicted molar refractivity (Wildman–Crippen MR) is 84.5 cm³/mol. The van der Waals surface area contributed by atoms with E-state index in [2.05, 4.69) is 69.2 Å². The van der Waals surface area contributed by atoms with Gasteiger partial charge in [-0.05, 0) is 45.0 Å². The van der Waals surface area contributed by atoms with Gasteiger partial charge in [-0.3, -0.25) is 0 Å². The molecule has 1 rings (SSSR count). The van der Waals surface area contributed by atoms with Gasteiger partial charge in [-0.1, -0.05) is 50.6 Å². The predicted octanol–water partition coefficient (Wildman–Crippen LogP) is 3.62. The second-order valence-electron chi connectivity index (χ2n) is 5.97. The highest BCUT2D eigenvalue weighted by Gasteiger charge is 2.12. The number of aryl methyl sites for hydroxylation is 1. The molecule has 108 valence electrons. The van der Waals surface area contributed by atoms with Crippen LogP contribution in [0, 0.1) is 12.8 Å². The second kappa shape index (κ2) is 8.34. The molecule has 0 bridgehead atoms. The van der Waals surface area contributed by atoms with Gasteiger partial charge in [0.1, 0.15) is 0 Å². The molecule has 0 spiro atoms. The summed E-state index contributed by atoms with van der Waals surface area (Å²) in [5.41, 5.74) is 2.72. The Labute approximate surface area is 119 Å². The molecule has 1 aromatic rings. The molecule has 19 heavy (non-hydrogen) atoms. The summed E-state index contributed by atoms with van der Waals surface area (Å²) in [7, 11) is 2.22. The minimum absolute atomic E-state index is 0.433. The zero-order chi connectivity index (χ0) is 14.3. The number of nitrogens with one attached hydrogen (secondary N) is 1. The summed E-state index contributed by atoms with van der Waals surface area (Å²) in [4.78, 5) is 2.44. The minimum Gasteiger partial charge on any atom is -0.309 e. The number of nitrogens with zero attached hydrogens (tertiary/aromatic N) is 1. The number of benzene rings is 1. The summed E-state index contributed by atoms with van der Waals surface area (Å²) in [6.07, 6.45) is 1.27. The third kappa shape index (κ3) is 6.22. The molecule has 2 nitrogen and oxygen atoms in total. The highest BCUT2D eigenvalue weighted by atomic mass is 15.1. The maximum atomic E-state index is 3.60. The highest BCUT2D eigenvalue weighted by Crippen LogP contribution is 2.15.